The van der Waals surface area contributed by atoms with Crippen LogP contribution in [0.4, 0.5) is 0 Å². The van der Waals surface area contributed by atoms with Crippen molar-refractivity contribution in [1.29, 1.82) is 0 Å². The first-order valence-electron chi connectivity index (χ1n) is 10.5. The largest absolute Gasteiger partial charge is 0.598 e. The Kier molecular flexibility index (Phi) is 7.34. The van der Waals surface area contributed by atoms with E-state index in [0.717, 1.165) is 32.1 Å². The summed E-state index contributed by atoms with van der Waals surface area (Å²) in [5.74, 6) is 0.313. The molecule has 0 aliphatic carbocycles. The molecule has 0 saturated carbocycles. The van der Waals surface area contributed by atoms with Gasteiger partial charge in [-0.15, -0.1) is 4.72 Å². The van der Waals surface area contributed by atoms with Gasteiger partial charge in [-0.25, -0.2) is 8.42 Å². The van der Waals surface area contributed by atoms with E-state index in [-0.39, 0.29) is 35.2 Å². The van der Waals surface area contributed by atoms with Gasteiger partial charge in [0, 0.05) is 30.0 Å². The van der Waals surface area contributed by atoms with Crippen molar-refractivity contribution >= 4 is 21.4 Å². The Labute approximate surface area is 179 Å². The molecule has 2 heterocycles. The summed E-state index contributed by atoms with van der Waals surface area (Å²) in [6.07, 6.45) is 4.23. The molecule has 164 valence electrons. The maximum Gasteiger partial charge on any atom is 0.215 e. The summed E-state index contributed by atoms with van der Waals surface area (Å²) in [4.78, 5) is 0. The smallest absolute Gasteiger partial charge is 0.215 e. The van der Waals surface area contributed by atoms with E-state index in [9.17, 15) is 13.0 Å². The fourth-order valence-corrected chi connectivity index (χ4v) is 7.40. The van der Waals surface area contributed by atoms with Crippen molar-refractivity contribution in [2.24, 2.45) is 11.7 Å². The molecule has 2 aliphatic rings. The fraction of sp³-hybridized carbons (Fsp3) is 0.714. The summed E-state index contributed by atoms with van der Waals surface area (Å²) >= 11 is -1.17. The van der Waals surface area contributed by atoms with Gasteiger partial charge in [0.1, 0.15) is 4.75 Å². The number of benzene rings is 1. The average molecular weight is 442 g/mol. The van der Waals surface area contributed by atoms with E-state index in [1.165, 1.54) is 5.56 Å². The highest BCUT2D eigenvalue weighted by atomic mass is 32.2. The van der Waals surface area contributed by atoms with Crippen molar-refractivity contribution in [2.75, 3.05) is 12.3 Å². The topological polar surface area (TPSA) is 98.5 Å². The number of nitrogens with one attached hydrogen (secondary N) is 1. The molecule has 0 spiro atoms. The molecule has 1 aromatic carbocycles. The van der Waals surface area contributed by atoms with Crippen molar-refractivity contribution in [3.05, 3.63) is 35.9 Å². The first kappa shape index (κ1) is 23.0. The molecular weight excluding hydrogens is 406 g/mol. The number of piperidine rings is 1. The van der Waals surface area contributed by atoms with Crippen molar-refractivity contribution in [3.63, 3.8) is 0 Å². The number of sulfonamides is 1. The monoisotopic (exact) mass is 441 g/mol. The molecule has 0 aromatic heterocycles. The van der Waals surface area contributed by atoms with E-state index in [4.69, 9.17) is 5.73 Å². The number of nitrogens with zero attached hydrogens (tertiary/aromatic N) is 1. The summed E-state index contributed by atoms with van der Waals surface area (Å²) in [5, 5.41) is 0. The van der Waals surface area contributed by atoms with E-state index in [1.54, 1.807) is 4.31 Å². The molecule has 6 nitrogen and oxygen atoms in total. The lowest BCUT2D eigenvalue weighted by Gasteiger charge is -2.41. The third-order valence-corrected chi connectivity index (χ3v) is 9.70. The third kappa shape index (κ3) is 5.54. The summed E-state index contributed by atoms with van der Waals surface area (Å²) < 4.78 is 43.1. The predicted molar refractivity (Wildman–Crippen MR) is 119 cm³/mol. The normalized spacial score (nSPS) is 27.7. The predicted octanol–water partition coefficient (Wildman–Crippen LogP) is 2.18. The summed E-state index contributed by atoms with van der Waals surface area (Å²) in [6.45, 7) is 6.08. The maximum absolute atomic E-state index is 12.9. The van der Waals surface area contributed by atoms with E-state index < -0.39 is 21.4 Å². The Morgan fingerprint density at radius 2 is 1.79 bits per heavy atom. The molecule has 1 aromatic rings. The van der Waals surface area contributed by atoms with E-state index in [1.807, 2.05) is 39.0 Å². The quantitative estimate of drug-likeness (QED) is 0.603. The van der Waals surface area contributed by atoms with Crippen LogP contribution in [-0.2, 0) is 27.8 Å². The molecule has 0 unspecified atom stereocenters. The Balaban J connectivity index is 1.78. The average Bonchev–Trinajstić information content (AvgIpc) is 2.93. The van der Waals surface area contributed by atoms with Crippen molar-refractivity contribution < 1.29 is 13.0 Å². The minimum atomic E-state index is -3.30. The molecule has 2 aliphatic heterocycles. The first-order chi connectivity index (χ1) is 13.6. The summed E-state index contributed by atoms with van der Waals surface area (Å²) in [6, 6.07) is 10.4. The minimum absolute atomic E-state index is 0.0183. The molecule has 2 fully saturated rings. The van der Waals surface area contributed by atoms with Crippen LogP contribution in [-0.4, -0.2) is 52.4 Å². The summed E-state index contributed by atoms with van der Waals surface area (Å²) in [5.41, 5.74) is 6.75. The zero-order valence-electron chi connectivity index (χ0n) is 17.7. The van der Waals surface area contributed by atoms with Crippen molar-refractivity contribution in [3.8, 4) is 0 Å². The lowest BCUT2D eigenvalue weighted by Crippen LogP contribution is -2.54. The van der Waals surface area contributed by atoms with Gasteiger partial charge in [0.15, 0.2) is 0 Å². The minimum Gasteiger partial charge on any atom is -0.598 e. The first-order valence-corrected chi connectivity index (χ1v) is 13.3. The van der Waals surface area contributed by atoms with E-state index in [0.29, 0.717) is 5.92 Å². The molecule has 3 N–H and O–H groups in total. The van der Waals surface area contributed by atoms with Gasteiger partial charge in [0.25, 0.3) is 0 Å². The van der Waals surface area contributed by atoms with Crippen molar-refractivity contribution in [2.45, 2.75) is 75.7 Å². The van der Waals surface area contributed by atoms with Crippen LogP contribution >= 0.6 is 0 Å². The van der Waals surface area contributed by atoms with Crippen LogP contribution in [0, 0.1) is 5.92 Å². The van der Waals surface area contributed by atoms with Gasteiger partial charge in [-0.05, 0) is 64.4 Å². The summed E-state index contributed by atoms with van der Waals surface area (Å²) in [7, 11) is -3.30. The molecule has 3 rings (SSSR count). The highest BCUT2D eigenvalue weighted by molar-refractivity contribution is 7.90. The zero-order valence-corrected chi connectivity index (χ0v) is 19.3. The van der Waals surface area contributed by atoms with Crippen LogP contribution in [0.25, 0.3) is 0 Å². The number of fused-ring (bicyclic) bond motifs is 2. The van der Waals surface area contributed by atoms with Crippen LogP contribution in [0.1, 0.15) is 52.0 Å². The number of hydrogen-bond acceptors (Lipinski definition) is 5. The number of nitrogens with two attached hydrogens (primary N) is 1. The third-order valence-electron chi connectivity index (χ3n) is 6.08. The molecular formula is C21H35N3O3S2. The lowest BCUT2D eigenvalue weighted by molar-refractivity contribution is 0.165. The van der Waals surface area contributed by atoms with Gasteiger partial charge in [0.05, 0.1) is 11.8 Å². The highest BCUT2D eigenvalue weighted by Gasteiger charge is 2.48. The van der Waals surface area contributed by atoms with E-state index in [2.05, 4.69) is 16.9 Å². The second-order valence-corrected chi connectivity index (χ2v) is 13.3. The molecule has 0 radical (unpaired) electrons. The molecule has 2 bridgehead atoms. The van der Waals surface area contributed by atoms with Gasteiger partial charge in [-0.1, -0.05) is 30.3 Å². The molecule has 5 atom stereocenters. The highest BCUT2D eigenvalue weighted by Crippen LogP contribution is 2.42. The van der Waals surface area contributed by atoms with Crippen LogP contribution < -0.4 is 10.5 Å². The standard InChI is InChI=1S/C21H35N3O3S2/c1-21(2,3)28(25)23-20(13-16-7-5-4-6-8-16)17-14-18-9-10-19(15-17)24(18)29(26,27)12-11-22/h4-8,17-20,23H,9-15,22H2,1-3H3/t17-,18-,19+,20-,28+/m1/s1. The van der Waals surface area contributed by atoms with E-state index >= 15 is 0 Å². The fourth-order valence-electron chi connectivity index (χ4n) is 4.70. The Morgan fingerprint density at radius 3 is 2.31 bits per heavy atom. The van der Waals surface area contributed by atoms with Crippen LogP contribution in [0.2, 0.25) is 0 Å². The SMILES string of the molecule is CC(C)(C)[S@+]([O-])N[C@H](Cc1ccccc1)[C@@H]1C[C@H]2CC[C@@H](C1)N2S(=O)(=O)CCN. The zero-order chi connectivity index (χ0) is 21.2. The second kappa shape index (κ2) is 9.24. The van der Waals surface area contributed by atoms with Crippen LogP contribution in [0.3, 0.4) is 0 Å². The van der Waals surface area contributed by atoms with Gasteiger partial charge in [-0.3, -0.25) is 0 Å². The Bertz CT molecular complexity index is 753. The van der Waals surface area contributed by atoms with Gasteiger partial charge >= 0.3 is 0 Å². The Morgan fingerprint density at radius 1 is 1.21 bits per heavy atom. The van der Waals surface area contributed by atoms with Crippen LogP contribution in [0.15, 0.2) is 30.3 Å². The van der Waals surface area contributed by atoms with Gasteiger partial charge in [-0.2, -0.15) is 4.31 Å². The number of hydrogen-bond donors (Lipinski definition) is 2. The lowest BCUT2D eigenvalue weighted by atomic mass is 9.84. The second-order valence-electron chi connectivity index (χ2n) is 9.35. The Hall–Kier alpha value is -0.640. The molecule has 2 saturated heterocycles. The molecule has 29 heavy (non-hydrogen) atoms. The van der Waals surface area contributed by atoms with Gasteiger partial charge < -0.3 is 10.3 Å². The van der Waals surface area contributed by atoms with Crippen molar-refractivity contribution in [1.82, 2.24) is 9.03 Å². The number of rotatable bonds is 8. The van der Waals surface area contributed by atoms with Crippen LogP contribution in [0.5, 0.6) is 0 Å². The molecule has 8 heteroatoms. The molecule has 0 amide bonds. The maximum atomic E-state index is 12.9. The van der Waals surface area contributed by atoms with Gasteiger partial charge in [0.2, 0.25) is 10.0 Å².